The van der Waals surface area contributed by atoms with Gasteiger partial charge in [0.2, 0.25) is 5.91 Å². The third-order valence-electron chi connectivity index (χ3n) is 3.55. The van der Waals surface area contributed by atoms with Crippen LogP contribution in [0.1, 0.15) is 18.4 Å². The zero-order chi connectivity index (χ0) is 15.9. The van der Waals surface area contributed by atoms with E-state index in [9.17, 15) is 18.8 Å². The molecule has 0 atom stereocenters. The predicted molar refractivity (Wildman–Crippen MR) is 77.0 cm³/mol. The van der Waals surface area contributed by atoms with Gasteiger partial charge in [0.1, 0.15) is 5.82 Å². The first-order valence-corrected chi connectivity index (χ1v) is 7.15. The van der Waals surface area contributed by atoms with Crippen LogP contribution in [0.25, 0.3) is 0 Å². The Bertz CT molecular complexity index is 571. The van der Waals surface area contributed by atoms with Crippen molar-refractivity contribution in [3.05, 3.63) is 35.6 Å². The van der Waals surface area contributed by atoms with E-state index >= 15 is 0 Å². The largest absolute Gasteiger partial charge is 0.344 e. The second-order valence-electron chi connectivity index (χ2n) is 5.12. The lowest BCUT2D eigenvalue weighted by molar-refractivity contribution is -0.143. The standard InChI is InChI=1S/C15H18FN3O3/c16-12-4-2-1-3-11(12)9-18-14(21)15(22)19-13(20)10-5-7-17-8-6-10/h1-4,10,17H,5-9H2,(H,18,21)(H,19,20,22). The molecule has 1 aliphatic rings. The fourth-order valence-electron chi connectivity index (χ4n) is 2.25. The molecule has 1 fully saturated rings. The van der Waals surface area contributed by atoms with Crippen molar-refractivity contribution in [2.24, 2.45) is 5.92 Å². The Morgan fingerprint density at radius 2 is 1.82 bits per heavy atom. The fourth-order valence-corrected chi connectivity index (χ4v) is 2.25. The lowest BCUT2D eigenvalue weighted by atomic mass is 9.97. The van der Waals surface area contributed by atoms with Gasteiger partial charge in [0.05, 0.1) is 0 Å². The number of nitrogens with one attached hydrogen (secondary N) is 3. The number of hydrogen-bond acceptors (Lipinski definition) is 4. The van der Waals surface area contributed by atoms with Crippen LogP contribution in [-0.4, -0.2) is 30.8 Å². The van der Waals surface area contributed by atoms with Crippen molar-refractivity contribution in [2.45, 2.75) is 19.4 Å². The molecule has 22 heavy (non-hydrogen) atoms. The van der Waals surface area contributed by atoms with E-state index in [0.717, 1.165) is 0 Å². The normalized spacial score (nSPS) is 15.1. The molecule has 0 radical (unpaired) electrons. The molecule has 3 amide bonds. The van der Waals surface area contributed by atoms with E-state index < -0.39 is 23.5 Å². The molecule has 0 unspecified atom stereocenters. The van der Waals surface area contributed by atoms with Crippen molar-refractivity contribution in [3.63, 3.8) is 0 Å². The van der Waals surface area contributed by atoms with Gasteiger partial charge in [-0.05, 0) is 32.0 Å². The molecular weight excluding hydrogens is 289 g/mol. The summed E-state index contributed by atoms with van der Waals surface area (Å²) >= 11 is 0. The van der Waals surface area contributed by atoms with E-state index in [-0.39, 0.29) is 18.0 Å². The average Bonchev–Trinajstić information content (AvgIpc) is 2.54. The van der Waals surface area contributed by atoms with Gasteiger partial charge in [0.15, 0.2) is 0 Å². The van der Waals surface area contributed by atoms with Crippen molar-refractivity contribution in [1.29, 1.82) is 0 Å². The van der Waals surface area contributed by atoms with Gasteiger partial charge in [0.25, 0.3) is 0 Å². The number of piperidine rings is 1. The average molecular weight is 307 g/mol. The summed E-state index contributed by atoms with van der Waals surface area (Å²) in [6.45, 7) is 1.32. The molecule has 118 valence electrons. The molecule has 1 aliphatic heterocycles. The summed E-state index contributed by atoms with van der Waals surface area (Å²) in [5.74, 6) is -3.13. The summed E-state index contributed by atoms with van der Waals surface area (Å²) in [7, 11) is 0. The Labute approximate surface area is 127 Å². The zero-order valence-electron chi connectivity index (χ0n) is 12.0. The Morgan fingerprint density at radius 1 is 1.14 bits per heavy atom. The quantitative estimate of drug-likeness (QED) is 0.690. The van der Waals surface area contributed by atoms with Gasteiger partial charge in [-0.15, -0.1) is 0 Å². The molecule has 0 saturated carbocycles. The van der Waals surface area contributed by atoms with Gasteiger partial charge in [-0.3, -0.25) is 19.7 Å². The first-order valence-electron chi connectivity index (χ1n) is 7.15. The summed E-state index contributed by atoms with van der Waals surface area (Å²) < 4.78 is 13.4. The molecule has 1 saturated heterocycles. The molecule has 6 nitrogen and oxygen atoms in total. The van der Waals surface area contributed by atoms with E-state index in [4.69, 9.17) is 0 Å². The Kier molecular flexibility index (Phi) is 5.60. The van der Waals surface area contributed by atoms with Crippen LogP contribution >= 0.6 is 0 Å². The Morgan fingerprint density at radius 3 is 2.50 bits per heavy atom. The van der Waals surface area contributed by atoms with Gasteiger partial charge < -0.3 is 10.6 Å². The third kappa shape index (κ3) is 4.36. The highest BCUT2D eigenvalue weighted by molar-refractivity contribution is 6.37. The highest BCUT2D eigenvalue weighted by atomic mass is 19.1. The topological polar surface area (TPSA) is 87.3 Å². The maximum Gasteiger partial charge on any atom is 0.315 e. The van der Waals surface area contributed by atoms with Crippen LogP contribution in [0.15, 0.2) is 24.3 Å². The summed E-state index contributed by atoms with van der Waals surface area (Å²) in [5.41, 5.74) is 0.272. The number of carbonyl (C=O) groups excluding carboxylic acids is 3. The zero-order valence-corrected chi connectivity index (χ0v) is 12.0. The summed E-state index contributed by atoms with van der Waals surface area (Å²) in [4.78, 5) is 35.1. The monoisotopic (exact) mass is 307 g/mol. The number of carbonyl (C=O) groups is 3. The van der Waals surface area contributed by atoms with Gasteiger partial charge in [0, 0.05) is 18.0 Å². The molecule has 1 heterocycles. The van der Waals surface area contributed by atoms with E-state index in [1.807, 2.05) is 0 Å². The molecule has 3 N–H and O–H groups in total. The van der Waals surface area contributed by atoms with Crippen LogP contribution in [0.3, 0.4) is 0 Å². The first-order chi connectivity index (χ1) is 10.6. The van der Waals surface area contributed by atoms with Crippen LogP contribution in [0.4, 0.5) is 4.39 Å². The van der Waals surface area contributed by atoms with Crippen molar-refractivity contribution in [2.75, 3.05) is 13.1 Å². The number of rotatable bonds is 3. The predicted octanol–water partition coefficient (Wildman–Crippen LogP) is 0.0843. The number of imide groups is 1. The van der Waals surface area contributed by atoms with Crippen molar-refractivity contribution < 1.29 is 18.8 Å². The van der Waals surface area contributed by atoms with E-state index in [1.165, 1.54) is 18.2 Å². The van der Waals surface area contributed by atoms with Gasteiger partial charge in [-0.2, -0.15) is 0 Å². The smallest absolute Gasteiger partial charge is 0.315 e. The maximum absolute atomic E-state index is 13.4. The SMILES string of the molecule is O=C(NCc1ccccc1F)C(=O)NC(=O)C1CCNCC1. The summed E-state index contributed by atoms with van der Waals surface area (Å²) in [5, 5.41) is 7.49. The van der Waals surface area contributed by atoms with Gasteiger partial charge in [-0.1, -0.05) is 18.2 Å². The minimum atomic E-state index is -1.01. The molecule has 0 aromatic heterocycles. The minimum absolute atomic E-state index is 0.111. The molecule has 0 spiro atoms. The highest BCUT2D eigenvalue weighted by Crippen LogP contribution is 2.11. The molecule has 2 rings (SSSR count). The molecule has 0 bridgehead atoms. The molecule has 0 aliphatic carbocycles. The van der Waals surface area contributed by atoms with Crippen LogP contribution in [0.5, 0.6) is 0 Å². The Hall–Kier alpha value is -2.28. The summed E-state index contributed by atoms with van der Waals surface area (Å²) in [6.07, 6.45) is 1.27. The van der Waals surface area contributed by atoms with Crippen molar-refractivity contribution in [1.82, 2.24) is 16.0 Å². The number of halogens is 1. The Balaban J connectivity index is 1.80. The summed E-state index contributed by atoms with van der Waals surface area (Å²) in [6, 6.07) is 5.94. The molecule has 1 aromatic rings. The molecule has 7 heteroatoms. The lowest BCUT2D eigenvalue weighted by Crippen LogP contribution is -2.46. The van der Waals surface area contributed by atoms with Crippen LogP contribution in [0.2, 0.25) is 0 Å². The highest BCUT2D eigenvalue weighted by Gasteiger charge is 2.24. The van der Waals surface area contributed by atoms with E-state index in [1.54, 1.807) is 6.07 Å². The maximum atomic E-state index is 13.4. The van der Waals surface area contributed by atoms with Crippen LogP contribution < -0.4 is 16.0 Å². The number of benzene rings is 1. The third-order valence-corrected chi connectivity index (χ3v) is 3.55. The second-order valence-corrected chi connectivity index (χ2v) is 5.12. The number of amides is 3. The first kappa shape index (κ1) is 16.1. The molecule has 1 aromatic carbocycles. The van der Waals surface area contributed by atoms with E-state index in [2.05, 4.69) is 16.0 Å². The lowest BCUT2D eigenvalue weighted by Gasteiger charge is -2.21. The second kappa shape index (κ2) is 7.65. The van der Waals surface area contributed by atoms with Crippen molar-refractivity contribution in [3.8, 4) is 0 Å². The van der Waals surface area contributed by atoms with Crippen LogP contribution in [-0.2, 0) is 20.9 Å². The minimum Gasteiger partial charge on any atom is -0.344 e. The van der Waals surface area contributed by atoms with Gasteiger partial charge in [-0.25, -0.2) is 4.39 Å². The number of hydrogen-bond donors (Lipinski definition) is 3. The van der Waals surface area contributed by atoms with Crippen LogP contribution in [0, 0.1) is 11.7 Å². The fraction of sp³-hybridized carbons (Fsp3) is 0.400. The van der Waals surface area contributed by atoms with E-state index in [0.29, 0.717) is 25.9 Å². The molecular formula is C15H18FN3O3. The van der Waals surface area contributed by atoms with Gasteiger partial charge >= 0.3 is 11.8 Å². The van der Waals surface area contributed by atoms with Crippen molar-refractivity contribution >= 4 is 17.7 Å².